The van der Waals surface area contributed by atoms with E-state index in [4.69, 9.17) is 11.6 Å². The van der Waals surface area contributed by atoms with Gasteiger partial charge >= 0.3 is 0 Å². The standard InChI is InChI=1S/C10H13ClN2O2S/c1-16(15)6-2-5-12-10(14)8-3-4-9(11)13-7-8/h3-4,7H,2,5-6H2,1H3,(H,12,14). The Labute approximate surface area is 102 Å². The van der Waals surface area contributed by atoms with E-state index >= 15 is 0 Å². The molecular formula is C10H13ClN2O2S. The first kappa shape index (κ1) is 13.1. The summed E-state index contributed by atoms with van der Waals surface area (Å²) in [6.07, 6.45) is 3.77. The number of amides is 1. The van der Waals surface area contributed by atoms with Crippen LogP contribution in [0.5, 0.6) is 0 Å². The summed E-state index contributed by atoms with van der Waals surface area (Å²) in [6.45, 7) is 0.515. The van der Waals surface area contributed by atoms with Gasteiger partial charge in [0, 0.05) is 35.5 Å². The molecule has 0 aliphatic carbocycles. The molecule has 16 heavy (non-hydrogen) atoms. The molecule has 0 fully saturated rings. The monoisotopic (exact) mass is 260 g/mol. The zero-order chi connectivity index (χ0) is 12.0. The second kappa shape index (κ2) is 6.60. The number of rotatable bonds is 5. The van der Waals surface area contributed by atoms with Crippen molar-refractivity contribution in [1.29, 1.82) is 0 Å². The number of halogens is 1. The minimum absolute atomic E-state index is 0.189. The maximum Gasteiger partial charge on any atom is 0.252 e. The molecule has 0 aromatic carbocycles. The van der Waals surface area contributed by atoms with E-state index in [-0.39, 0.29) is 5.91 Å². The Hall–Kier alpha value is -0.940. The van der Waals surface area contributed by atoms with Crippen molar-refractivity contribution >= 4 is 28.3 Å². The summed E-state index contributed by atoms with van der Waals surface area (Å²) in [7, 11) is -0.809. The predicted molar refractivity (Wildman–Crippen MR) is 65.1 cm³/mol. The molecule has 1 aromatic rings. The van der Waals surface area contributed by atoms with Gasteiger partial charge in [0.1, 0.15) is 5.15 Å². The molecule has 0 saturated heterocycles. The van der Waals surface area contributed by atoms with Crippen LogP contribution in [0.4, 0.5) is 0 Å². The van der Waals surface area contributed by atoms with Crippen molar-refractivity contribution in [3.8, 4) is 0 Å². The molecule has 1 N–H and O–H groups in total. The first-order valence-corrected chi connectivity index (χ1v) is 6.90. The first-order valence-electron chi connectivity index (χ1n) is 4.79. The highest BCUT2D eigenvalue weighted by molar-refractivity contribution is 7.84. The van der Waals surface area contributed by atoms with Crippen LogP contribution in [0, 0.1) is 0 Å². The number of nitrogens with one attached hydrogen (secondary N) is 1. The topological polar surface area (TPSA) is 59.1 Å². The summed E-state index contributed by atoms with van der Waals surface area (Å²) < 4.78 is 10.8. The Morgan fingerprint density at radius 2 is 2.31 bits per heavy atom. The number of nitrogens with zero attached hydrogens (tertiary/aromatic N) is 1. The van der Waals surface area contributed by atoms with Crippen LogP contribution in [0.25, 0.3) is 0 Å². The Kier molecular flexibility index (Phi) is 5.42. The average molecular weight is 261 g/mol. The van der Waals surface area contributed by atoms with Crippen molar-refractivity contribution in [3.63, 3.8) is 0 Å². The van der Waals surface area contributed by atoms with Gasteiger partial charge in [-0.1, -0.05) is 11.6 Å². The second-order valence-corrected chi connectivity index (χ2v) is 5.20. The third-order valence-corrected chi connectivity index (χ3v) is 2.97. The molecule has 1 heterocycles. The summed E-state index contributed by atoms with van der Waals surface area (Å²) in [4.78, 5) is 15.3. The fourth-order valence-corrected chi connectivity index (χ4v) is 1.75. The minimum Gasteiger partial charge on any atom is -0.352 e. The van der Waals surface area contributed by atoms with Crippen molar-refractivity contribution in [2.45, 2.75) is 6.42 Å². The van der Waals surface area contributed by atoms with Crippen LogP contribution in [0.3, 0.4) is 0 Å². The Morgan fingerprint density at radius 3 is 2.88 bits per heavy atom. The molecule has 6 heteroatoms. The Bertz CT molecular complexity index is 381. The Balaban J connectivity index is 2.35. The van der Waals surface area contributed by atoms with E-state index < -0.39 is 10.8 Å². The van der Waals surface area contributed by atoms with E-state index in [2.05, 4.69) is 10.3 Å². The second-order valence-electron chi connectivity index (χ2n) is 3.26. The van der Waals surface area contributed by atoms with Gasteiger partial charge in [-0.25, -0.2) is 4.98 Å². The van der Waals surface area contributed by atoms with Crippen molar-refractivity contribution in [1.82, 2.24) is 10.3 Å². The summed E-state index contributed by atoms with van der Waals surface area (Å²) in [5.41, 5.74) is 0.474. The SMILES string of the molecule is CS(=O)CCCNC(=O)c1ccc(Cl)nc1. The van der Waals surface area contributed by atoms with Crippen LogP contribution in [0.1, 0.15) is 16.8 Å². The lowest BCUT2D eigenvalue weighted by molar-refractivity contribution is 0.0953. The predicted octanol–water partition coefficient (Wildman–Crippen LogP) is 1.23. The van der Waals surface area contributed by atoms with Gasteiger partial charge < -0.3 is 5.32 Å². The number of aromatic nitrogens is 1. The zero-order valence-electron chi connectivity index (χ0n) is 8.90. The number of hydrogen-bond acceptors (Lipinski definition) is 3. The molecule has 1 amide bonds. The largest absolute Gasteiger partial charge is 0.352 e. The summed E-state index contributed by atoms with van der Waals surface area (Å²) >= 11 is 5.60. The van der Waals surface area contributed by atoms with Crippen molar-refractivity contribution in [3.05, 3.63) is 29.0 Å². The highest BCUT2D eigenvalue weighted by Crippen LogP contribution is 2.04. The molecule has 0 spiro atoms. The first-order chi connectivity index (χ1) is 7.59. The summed E-state index contributed by atoms with van der Waals surface area (Å²) in [5, 5.41) is 3.08. The van der Waals surface area contributed by atoms with Crippen LogP contribution in [-0.4, -0.2) is 33.7 Å². The van der Waals surface area contributed by atoms with Gasteiger partial charge in [0.05, 0.1) is 5.56 Å². The van der Waals surface area contributed by atoms with E-state index in [0.29, 0.717) is 29.4 Å². The molecule has 0 aliphatic rings. The molecular weight excluding hydrogens is 248 g/mol. The zero-order valence-corrected chi connectivity index (χ0v) is 10.5. The maximum atomic E-state index is 11.5. The van der Waals surface area contributed by atoms with Crippen molar-refractivity contribution in [2.24, 2.45) is 0 Å². The molecule has 4 nitrogen and oxygen atoms in total. The van der Waals surface area contributed by atoms with E-state index in [0.717, 1.165) is 0 Å². The quantitative estimate of drug-likeness (QED) is 0.640. The molecule has 1 atom stereocenters. The normalized spacial score (nSPS) is 12.1. The van der Waals surface area contributed by atoms with Gasteiger partial charge in [-0.3, -0.25) is 9.00 Å². The van der Waals surface area contributed by atoms with Crippen LogP contribution in [-0.2, 0) is 10.8 Å². The molecule has 1 aromatic heterocycles. The third kappa shape index (κ3) is 4.72. The van der Waals surface area contributed by atoms with Gasteiger partial charge in [-0.15, -0.1) is 0 Å². The molecule has 0 bridgehead atoms. The van der Waals surface area contributed by atoms with Gasteiger partial charge in [-0.2, -0.15) is 0 Å². The Morgan fingerprint density at radius 1 is 1.56 bits per heavy atom. The summed E-state index contributed by atoms with van der Waals surface area (Å²) in [5.74, 6) is 0.408. The number of carbonyl (C=O) groups is 1. The van der Waals surface area contributed by atoms with E-state index in [1.54, 1.807) is 18.4 Å². The highest BCUT2D eigenvalue weighted by atomic mass is 35.5. The average Bonchev–Trinajstić information content (AvgIpc) is 2.25. The fraction of sp³-hybridized carbons (Fsp3) is 0.400. The highest BCUT2D eigenvalue weighted by Gasteiger charge is 2.04. The number of hydrogen-bond donors (Lipinski definition) is 1. The molecule has 0 aliphatic heterocycles. The lowest BCUT2D eigenvalue weighted by Gasteiger charge is -2.03. The van der Waals surface area contributed by atoms with Gasteiger partial charge in [0.15, 0.2) is 0 Å². The van der Waals surface area contributed by atoms with Crippen LogP contribution >= 0.6 is 11.6 Å². The lowest BCUT2D eigenvalue weighted by Crippen LogP contribution is -2.25. The number of carbonyl (C=O) groups excluding carboxylic acids is 1. The minimum atomic E-state index is -0.809. The maximum absolute atomic E-state index is 11.5. The van der Waals surface area contributed by atoms with Gasteiger partial charge in [-0.05, 0) is 18.6 Å². The molecule has 1 rings (SSSR count). The summed E-state index contributed by atoms with van der Waals surface area (Å²) in [6, 6.07) is 3.18. The van der Waals surface area contributed by atoms with Gasteiger partial charge in [0.2, 0.25) is 0 Å². The van der Waals surface area contributed by atoms with Crippen molar-refractivity contribution in [2.75, 3.05) is 18.6 Å². The van der Waals surface area contributed by atoms with Crippen LogP contribution in [0.15, 0.2) is 18.3 Å². The third-order valence-electron chi connectivity index (χ3n) is 1.88. The molecule has 0 radical (unpaired) electrons. The molecule has 0 saturated carbocycles. The number of pyridine rings is 1. The molecule has 88 valence electrons. The molecule has 1 unspecified atom stereocenters. The van der Waals surface area contributed by atoms with E-state index in [1.807, 2.05) is 0 Å². The fourth-order valence-electron chi connectivity index (χ4n) is 1.09. The smallest absolute Gasteiger partial charge is 0.252 e. The van der Waals surface area contributed by atoms with E-state index in [1.165, 1.54) is 6.20 Å². The van der Waals surface area contributed by atoms with Gasteiger partial charge in [0.25, 0.3) is 5.91 Å². The lowest BCUT2D eigenvalue weighted by atomic mass is 10.2. The van der Waals surface area contributed by atoms with Crippen LogP contribution < -0.4 is 5.32 Å². The van der Waals surface area contributed by atoms with Crippen LogP contribution in [0.2, 0.25) is 5.15 Å². The van der Waals surface area contributed by atoms with E-state index in [9.17, 15) is 9.00 Å². The van der Waals surface area contributed by atoms with Crippen molar-refractivity contribution < 1.29 is 9.00 Å².